The van der Waals surface area contributed by atoms with Crippen LogP contribution in [0.5, 0.6) is 0 Å². The van der Waals surface area contributed by atoms with Crippen molar-refractivity contribution >= 4 is 15.9 Å². The van der Waals surface area contributed by atoms with Gasteiger partial charge in [0.1, 0.15) is 6.61 Å². The van der Waals surface area contributed by atoms with E-state index in [1.54, 1.807) is 0 Å². The van der Waals surface area contributed by atoms with Crippen LogP contribution in [-0.4, -0.2) is 18.5 Å². The molecule has 0 saturated carbocycles. The first kappa shape index (κ1) is 12.0. The van der Waals surface area contributed by atoms with E-state index < -0.39 is 0 Å². The van der Waals surface area contributed by atoms with Gasteiger partial charge in [0.15, 0.2) is 0 Å². The number of allylic oxidation sites excluding steroid dienone is 1. The summed E-state index contributed by atoms with van der Waals surface area (Å²) in [6.45, 7) is 1.09. The molecule has 0 saturated heterocycles. The highest BCUT2D eigenvalue weighted by atomic mass is 79.9. The highest BCUT2D eigenvalue weighted by Gasteiger charge is 1.81. The zero-order valence-corrected chi connectivity index (χ0v) is 10.0. The molecule has 0 aliphatic carbocycles. The SMILES string of the molecule is BrC/C=C/COCC#Cc1ccccc1. The Hall–Kier alpha value is -1.04. The van der Waals surface area contributed by atoms with Crippen molar-refractivity contribution in [2.75, 3.05) is 18.5 Å². The molecular formula is C13H13BrO. The summed E-state index contributed by atoms with van der Waals surface area (Å²) in [6.07, 6.45) is 3.98. The van der Waals surface area contributed by atoms with Crippen LogP contribution >= 0.6 is 15.9 Å². The van der Waals surface area contributed by atoms with Gasteiger partial charge < -0.3 is 4.74 Å². The average molecular weight is 265 g/mol. The molecule has 78 valence electrons. The monoisotopic (exact) mass is 264 g/mol. The first-order chi connectivity index (χ1) is 7.43. The summed E-state index contributed by atoms with van der Waals surface area (Å²) >= 11 is 3.29. The van der Waals surface area contributed by atoms with E-state index >= 15 is 0 Å². The van der Waals surface area contributed by atoms with Gasteiger partial charge in [-0.15, -0.1) is 0 Å². The van der Waals surface area contributed by atoms with Crippen LogP contribution in [0.1, 0.15) is 5.56 Å². The molecule has 0 aromatic heterocycles. The molecular weight excluding hydrogens is 252 g/mol. The van der Waals surface area contributed by atoms with Gasteiger partial charge in [0.2, 0.25) is 0 Å². The van der Waals surface area contributed by atoms with E-state index in [2.05, 4.69) is 27.8 Å². The van der Waals surface area contributed by atoms with Crippen molar-refractivity contribution in [1.29, 1.82) is 0 Å². The summed E-state index contributed by atoms with van der Waals surface area (Å²) in [7, 11) is 0. The maximum atomic E-state index is 5.28. The second-order valence-corrected chi connectivity index (χ2v) is 3.46. The molecule has 0 spiro atoms. The van der Waals surface area contributed by atoms with Crippen LogP contribution < -0.4 is 0 Å². The Morgan fingerprint density at radius 2 is 2.00 bits per heavy atom. The first-order valence-electron chi connectivity index (χ1n) is 4.76. The van der Waals surface area contributed by atoms with E-state index in [0.29, 0.717) is 13.2 Å². The molecule has 0 aliphatic rings. The van der Waals surface area contributed by atoms with Gasteiger partial charge in [-0.25, -0.2) is 0 Å². The van der Waals surface area contributed by atoms with Gasteiger partial charge in [-0.2, -0.15) is 0 Å². The Balaban J connectivity index is 2.20. The number of hydrogen-bond donors (Lipinski definition) is 0. The third kappa shape index (κ3) is 6.11. The standard InChI is InChI=1S/C13H13BrO/c14-10-4-5-11-15-12-6-9-13-7-2-1-3-8-13/h1-5,7-8H,10-12H2/b5-4+. The normalized spacial score (nSPS) is 9.93. The Morgan fingerprint density at radius 1 is 1.20 bits per heavy atom. The molecule has 0 amide bonds. The molecule has 1 aromatic carbocycles. The molecule has 0 atom stereocenters. The minimum absolute atomic E-state index is 0.474. The zero-order chi connectivity index (χ0) is 10.8. The second-order valence-electron chi connectivity index (χ2n) is 2.81. The number of benzene rings is 1. The number of ether oxygens (including phenoxy) is 1. The smallest absolute Gasteiger partial charge is 0.108 e. The van der Waals surface area contributed by atoms with Crippen molar-refractivity contribution in [2.24, 2.45) is 0 Å². The molecule has 2 heteroatoms. The molecule has 0 fully saturated rings. The lowest BCUT2D eigenvalue weighted by Gasteiger charge is -1.91. The second kappa shape index (κ2) is 8.28. The van der Waals surface area contributed by atoms with Gasteiger partial charge in [-0.1, -0.05) is 58.1 Å². The minimum atomic E-state index is 0.474. The van der Waals surface area contributed by atoms with E-state index in [4.69, 9.17) is 4.74 Å². The van der Waals surface area contributed by atoms with Crippen molar-refractivity contribution in [1.82, 2.24) is 0 Å². The van der Waals surface area contributed by atoms with Crippen LogP contribution in [0.4, 0.5) is 0 Å². The predicted octanol–water partition coefficient (Wildman–Crippen LogP) is 3.01. The van der Waals surface area contributed by atoms with Crippen LogP contribution in [0.3, 0.4) is 0 Å². The van der Waals surface area contributed by atoms with Crippen molar-refractivity contribution in [3.8, 4) is 11.8 Å². The summed E-state index contributed by atoms with van der Waals surface area (Å²) in [6, 6.07) is 9.90. The maximum Gasteiger partial charge on any atom is 0.108 e. The molecule has 0 aliphatic heterocycles. The molecule has 0 radical (unpaired) electrons. The van der Waals surface area contributed by atoms with Crippen molar-refractivity contribution < 1.29 is 4.74 Å². The van der Waals surface area contributed by atoms with Gasteiger partial charge >= 0.3 is 0 Å². The van der Waals surface area contributed by atoms with E-state index in [-0.39, 0.29) is 0 Å². The predicted molar refractivity (Wildman–Crippen MR) is 67.1 cm³/mol. The Morgan fingerprint density at radius 3 is 2.73 bits per heavy atom. The fraction of sp³-hybridized carbons (Fsp3) is 0.231. The topological polar surface area (TPSA) is 9.23 Å². The Kier molecular flexibility index (Phi) is 6.64. The van der Waals surface area contributed by atoms with Gasteiger partial charge in [0.25, 0.3) is 0 Å². The molecule has 0 bridgehead atoms. The highest BCUT2D eigenvalue weighted by Crippen LogP contribution is 1.94. The lowest BCUT2D eigenvalue weighted by atomic mass is 10.2. The van der Waals surface area contributed by atoms with Crippen LogP contribution in [0.15, 0.2) is 42.5 Å². The summed E-state index contributed by atoms with van der Waals surface area (Å²) in [5, 5.41) is 0.867. The molecule has 1 aromatic rings. The van der Waals surface area contributed by atoms with E-state index in [1.165, 1.54) is 0 Å². The lowest BCUT2D eigenvalue weighted by Crippen LogP contribution is -1.90. The summed E-state index contributed by atoms with van der Waals surface area (Å²) in [5.41, 5.74) is 1.03. The molecule has 1 rings (SSSR count). The number of alkyl halides is 1. The van der Waals surface area contributed by atoms with Gasteiger partial charge in [-0.3, -0.25) is 0 Å². The van der Waals surface area contributed by atoms with Crippen LogP contribution in [0.25, 0.3) is 0 Å². The average Bonchev–Trinajstić information content (AvgIpc) is 2.29. The van der Waals surface area contributed by atoms with Gasteiger partial charge in [0.05, 0.1) is 6.61 Å². The van der Waals surface area contributed by atoms with Crippen molar-refractivity contribution in [3.05, 3.63) is 48.0 Å². The van der Waals surface area contributed by atoms with Crippen LogP contribution in [0, 0.1) is 11.8 Å². The fourth-order valence-corrected chi connectivity index (χ4v) is 1.23. The summed E-state index contributed by atoms with van der Waals surface area (Å²) in [5.74, 6) is 5.99. The van der Waals surface area contributed by atoms with Crippen molar-refractivity contribution in [2.45, 2.75) is 0 Å². The van der Waals surface area contributed by atoms with Gasteiger partial charge in [-0.05, 0) is 12.1 Å². The van der Waals surface area contributed by atoms with E-state index in [1.807, 2.05) is 42.5 Å². The molecule has 0 heterocycles. The van der Waals surface area contributed by atoms with Gasteiger partial charge in [0, 0.05) is 10.9 Å². The first-order valence-corrected chi connectivity index (χ1v) is 5.88. The molecule has 15 heavy (non-hydrogen) atoms. The third-order valence-corrected chi connectivity index (χ3v) is 2.02. The quantitative estimate of drug-likeness (QED) is 0.352. The number of halogens is 1. The zero-order valence-electron chi connectivity index (χ0n) is 8.45. The number of hydrogen-bond acceptors (Lipinski definition) is 1. The van der Waals surface area contributed by atoms with Crippen LogP contribution in [0.2, 0.25) is 0 Å². The number of rotatable bonds is 4. The van der Waals surface area contributed by atoms with E-state index in [9.17, 15) is 0 Å². The molecule has 0 N–H and O–H groups in total. The Bertz CT molecular complexity index is 346. The molecule has 1 nitrogen and oxygen atoms in total. The summed E-state index contributed by atoms with van der Waals surface area (Å²) < 4.78 is 5.28. The fourth-order valence-electron chi connectivity index (χ4n) is 0.969. The summed E-state index contributed by atoms with van der Waals surface area (Å²) in [4.78, 5) is 0. The minimum Gasteiger partial charge on any atom is -0.365 e. The van der Waals surface area contributed by atoms with E-state index in [0.717, 1.165) is 10.9 Å². The lowest BCUT2D eigenvalue weighted by molar-refractivity contribution is 0.199. The third-order valence-electron chi connectivity index (χ3n) is 1.65. The molecule has 0 unspecified atom stereocenters. The largest absolute Gasteiger partial charge is 0.365 e. The Labute approximate surface area is 99.3 Å². The highest BCUT2D eigenvalue weighted by molar-refractivity contribution is 9.09. The maximum absolute atomic E-state index is 5.28. The van der Waals surface area contributed by atoms with Crippen LogP contribution in [-0.2, 0) is 4.74 Å². The van der Waals surface area contributed by atoms with Crippen molar-refractivity contribution in [3.63, 3.8) is 0 Å².